The number of benzene rings is 1. The Morgan fingerprint density at radius 3 is 2.56 bits per heavy atom. The quantitative estimate of drug-likeness (QED) is 0.811. The van der Waals surface area contributed by atoms with Crippen LogP contribution in [0.5, 0.6) is 0 Å². The zero-order valence-electron chi connectivity index (χ0n) is 15.1. The summed E-state index contributed by atoms with van der Waals surface area (Å²) in [5, 5.41) is 5.68. The summed E-state index contributed by atoms with van der Waals surface area (Å²) in [6.07, 6.45) is 1.23. The molecular weight excluding hydrogens is 318 g/mol. The van der Waals surface area contributed by atoms with Crippen molar-refractivity contribution in [2.24, 2.45) is 5.92 Å². The van der Waals surface area contributed by atoms with Crippen molar-refractivity contribution in [3.05, 3.63) is 35.9 Å². The lowest BCUT2D eigenvalue weighted by Gasteiger charge is -2.35. The molecule has 1 aliphatic rings. The van der Waals surface area contributed by atoms with Gasteiger partial charge in [0.05, 0.1) is 12.6 Å². The minimum Gasteiger partial charge on any atom is -0.350 e. The standard InChI is InChI=1S/C19H27N3O3/c1-13(2)9-17(20-14(3)23)19(25)22-11-16(21-18(24)12-22)10-15-7-5-4-6-8-15/h4-8,13,16-17H,9-12H2,1-3H3,(H,20,23)(H,21,24)/t16-,17-/m0/s1. The van der Waals surface area contributed by atoms with Crippen molar-refractivity contribution in [1.82, 2.24) is 15.5 Å². The smallest absolute Gasteiger partial charge is 0.245 e. The summed E-state index contributed by atoms with van der Waals surface area (Å²) in [4.78, 5) is 37.9. The molecule has 0 spiro atoms. The normalized spacial score (nSPS) is 18.6. The molecule has 1 aromatic rings. The van der Waals surface area contributed by atoms with E-state index in [1.165, 1.54) is 6.92 Å². The molecule has 1 fully saturated rings. The maximum absolute atomic E-state index is 12.8. The Hall–Kier alpha value is -2.37. The van der Waals surface area contributed by atoms with E-state index in [1.807, 2.05) is 44.2 Å². The molecule has 0 bridgehead atoms. The van der Waals surface area contributed by atoms with Crippen LogP contribution in [0.1, 0.15) is 32.8 Å². The zero-order valence-corrected chi connectivity index (χ0v) is 15.1. The zero-order chi connectivity index (χ0) is 18.4. The van der Waals surface area contributed by atoms with Gasteiger partial charge in [0.1, 0.15) is 6.04 Å². The number of carbonyl (C=O) groups excluding carboxylic acids is 3. The summed E-state index contributed by atoms with van der Waals surface area (Å²) < 4.78 is 0. The second-order valence-corrected chi connectivity index (χ2v) is 7.06. The number of hydrogen-bond donors (Lipinski definition) is 2. The number of carbonyl (C=O) groups is 3. The van der Waals surface area contributed by atoms with Crippen molar-refractivity contribution in [2.75, 3.05) is 13.1 Å². The molecule has 1 saturated heterocycles. The minimum absolute atomic E-state index is 0.0400. The average Bonchev–Trinajstić information content (AvgIpc) is 2.53. The van der Waals surface area contributed by atoms with E-state index in [2.05, 4.69) is 10.6 Å². The van der Waals surface area contributed by atoms with Gasteiger partial charge in [-0.3, -0.25) is 14.4 Å². The van der Waals surface area contributed by atoms with E-state index in [-0.39, 0.29) is 36.2 Å². The average molecular weight is 345 g/mol. The van der Waals surface area contributed by atoms with Crippen molar-refractivity contribution < 1.29 is 14.4 Å². The van der Waals surface area contributed by atoms with Crippen LogP contribution in [0, 0.1) is 5.92 Å². The van der Waals surface area contributed by atoms with Crippen LogP contribution < -0.4 is 10.6 Å². The van der Waals surface area contributed by atoms with Crippen LogP contribution in [0.3, 0.4) is 0 Å². The summed E-state index contributed by atoms with van der Waals surface area (Å²) in [5.41, 5.74) is 1.11. The topological polar surface area (TPSA) is 78.5 Å². The third kappa shape index (κ3) is 5.89. The van der Waals surface area contributed by atoms with E-state index < -0.39 is 6.04 Å². The molecule has 2 N–H and O–H groups in total. The van der Waals surface area contributed by atoms with Crippen molar-refractivity contribution in [2.45, 2.75) is 45.7 Å². The molecule has 6 heteroatoms. The minimum atomic E-state index is -0.583. The molecule has 0 aliphatic carbocycles. The van der Waals surface area contributed by atoms with Crippen molar-refractivity contribution in [3.8, 4) is 0 Å². The van der Waals surface area contributed by atoms with Gasteiger partial charge in [-0.2, -0.15) is 0 Å². The fourth-order valence-electron chi connectivity index (χ4n) is 3.16. The van der Waals surface area contributed by atoms with E-state index in [4.69, 9.17) is 0 Å². The second kappa shape index (κ2) is 8.65. The summed E-state index contributed by atoms with van der Waals surface area (Å²) in [5.74, 6) is -0.315. The predicted molar refractivity (Wildman–Crippen MR) is 95.7 cm³/mol. The highest BCUT2D eigenvalue weighted by molar-refractivity contribution is 5.91. The Labute approximate surface area is 149 Å². The number of hydrogen-bond acceptors (Lipinski definition) is 3. The van der Waals surface area contributed by atoms with Gasteiger partial charge in [0.2, 0.25) is 17.7 Å². The van der Waals surface area contributed by atoms with E-state index in [0.717, 1.165) is 5.56 Å². The molecule has 0 unspecified atom stereocenters. The number of piperazine rings is 1. The van der Waals surface area contributed by atoms with Crippen molar-refractivity contribution >= 4 is 17.7 Å². The summed E-state index contributed by atoms with van der Waals surface area (Å²) in [6.45, 7) is 5.90. The van der Waals surface area contributed by atoms with E-state index in [9.17, 15) is 14.4 Å². The third-order valence-electron chi connectivity index (χ3n) is 4.16. The van der Waals surface area contributed by atoms with Gasteiger partial charge in [-0.25, -0.2) is 0 Å². The number of nitrogens with zero attached hydrogens (tertiary/aromatic N) is 1. The maximum atomic E-state index is 12.8. The van der Waals surface area contributed by atoms with Crippen molar-refractivity contribution in [1.29, 1.82) is 0 Å². The molecule has 3 amide bonds. The van der Waals surface area contributed by atoms with E-state index in [0.29, 0.717) is 19.4 Å². The molecule has 0 saturated carbocycles. The van der Waals surface area contributed by atoms with Gasteiger partial charge in [-0.05, 0) is 24.3 Å². The maximum Gasteiger partial charge on any atom is 0.245 e. The SMILES string of the molecule is CC(=O)N[C@@H](CC(C)C)C(=O)N1CC(=O)N[C@@H](Cc2ccccc2)C1. The lowest BCUT2D eigenvalue weighted by Crippen LogP contribution is -2.60. The molecule has 0 radical (unpaired) electrons. The van der Waals surface area contributed by atoms with Crippen LogP contribution in [0.15, 0.2) is 30.3 Å². The van der Waals surface area contributed by atoms with Gasteiger partial charge >= 0.3 is 0 Å². The molecule has 25 heavy (non-hydrogen) atoms. The highest BCUT2D eigenvalue weighted by Gasteiger charge is 2.32. The highest BCUT2D eigenvalue weighted by atomic mass is 16.2. The van der Waals surface area contributed by atoms with Gasteiger partial charge < -0.3 is 15.5 Å². The second-order valence-electron chi connectivity index (χ2n) is 7.06. The van der Waals surface area contributed by atoms with Crippen molar-refractivity contribution in [3.63, 3.8) is 0 Å². The lowest BCUT2D eigenvalue weighted by atomic mass is 10.00. The van der Waals surface area contributed by atoms with Crippen LogP contribution in [0.2, 0.25) is 0 Å². The first-order valence-electron chi connectivity index (χ1n) is 8.74. The molecule has 2 atom stereocenters. The lowest BCUT2D eigenvalue weighted by molar-refractivity contribution is -0.142. The summed E-state index contributed by atoms with van der Waals surface area (Å²) in [6, 6.07) is 9.17. The number of nitrogens with one attached hydrogen (secondary N) is 2. The van der Waals surface area contributed by atoms with Crippen LogP contribution in [-0.4, -0.2) is 47.8 Å². The van der Waals surface area contributed by atoms with E-state index in [1.54, 1.807) is 4.90 Å². The fourth-order valence-corrected chi connectivity index (χ4v) is 3.16. The summed E-state index contributed by atoms with van der Waals surface area (Å²) >= 11 is 0. The van der Waals surface area contributed by atoms with Crippen LogP contribution in [0.25, 0.3) is 0 Å². The Bertz CT molecular complexity index is 616. The van der Waals surface area contributed by atoms with E-state index >= 15 is 0 Å². The predicted octanol–water partition coefficient (Wildman–Crippen LogP) is 1.11. The fraction of sp³-hybridized carbons (Fsp3) is 0.526. The molecule has 136 valence electrons. The molecule has 1 aromatic carbocycles. The summed E-state index contributed by atoms with van der Waals surface area (Å²) in [7, 11) is 0. The first-order chi connectivity index (χ1) is 11.8. The van der Waals surface area contributed by atoms with Crippen LogP contribution in [-0.2, 0) is 20.8 Å². The van der Waals surface area contributed by atoms with Gasteiger partial charge in [0.25, 0.3) is 0 Å². The number of amides is 3. The Kier molecular flexibility index (Phi) is 6.56. The Balaban J connectivity index is 2.06. The van der Waals surface area contributed by atoms with Gasteiger partial charge in [-0.15, -0.1) is 0 Å². The van der Waals surface area contributed by atoms with Crippen LogP contribution >= 0.6 is 0 Å². The van der Waals surface area contributed by atoms with Gasteiger partial charge in [0.15, 0.2) is 0 Å². The van der Waals surface area contributed by atoms with Gasteiger partial charge in [-0.1, -0.05) is 44.2 Å². The Morgan fingerprint density at radius 2 is 1.96 bits per heavy atom. The first kappa shape index (κ1) is 19.0. The number of rotatable bonds is 6. The molecule has 1 heterocycles. The molecule has 6 nitrogen and oxygen atoms in total. The van der Waals surface area contributed by atoms with Crippen LogP contribution in [0.4, 0.5) is 0 Å². The molecule has 2 rings (SSSR count). The first-order valence-corrected chi connectivity index (χ1v) is 8.74. The van der Waals surface area contributed by atoms with Gasteiger partial charge in [0, 0.05) is 13.5 Å². The third-order valence-corrected chi connectivity index (χ3v) is 4.16. The largest absolute Gasteiger partial charge is 0.350 e. The molecule has 1 aliphatic heterocycles. The Morgan fingerprint density at radius 1 is 1.28 bits per heavy atom. The molecule has 0 aromatic heterocycles. The highest BCUT2D eigenvalue weighted by Crippen LogP contribution is 2.13. The monoisotopic (exact) mass is 345 g/mol. The molecular formula is C19H27N3O3.